The largest absolute Gasteiger partial charge is 0.523 e. The molecule has 17 nitrogen and oxygen atoms in total. The van der Waals surface area contributed by atoms with E-state index in [0.29, 0.717) is 111 Å². The van der Waals surface area contributed by atoms with E-state index in [2.05, 4.69) is 76.5 Å². The highest BCUT2D eigenvalue weighted by Gasteiger charge is 2.55. The Morgan fingerprint density at radius 3 is 1.11 bits per heavy atom. The summed E-state index contributed by atoms with van der Waals surface area (Å²) in [5, 5.41) is 21.0. The molecular formula is C109H96ClF4N13O4. The number of allylic oxidation sites excluding steroid dienone is 2. The molecule has 7 aromatic carbocycles. The third-order valence-electron chi connectivity index (χ3n) is 30.8. The van der Waals surface area contributed by atoms with Gasteiger partial charge >= 0.3 is 0 Å². The zero-order chi connectivity index (χ0) is 90.7. The molecule has 131 heavy (non-hydrogen) atoms. The van der Waals surface area contributed by atoms with Crippen LogP contribution in [0.25, 0.3) is 116 Å². The van der Waals surface area contributed by atoms with Crippen molar-refractivity contribution in [2.45, 2.75) is 173 Å². The second kappa shape index (κ2) is 33.9. The third kappa shape index (κ3) is 14.6. The van der Waals surface area contributed by atoms with Gasteiger partial charge in [-0.2, -0.15) is 0 Å². The first kappa shape index (κ1) is 85.8. The Hall–Kier alpha value is -13.3. The van der Waals surface area contributed by atoms with Gasteiger partial charge in [0.2, 0.25) is 11.0 Å². The van der Waals surface area contributed by atoms with Gasteiger partial charge in [0.15, 0.2) is 17.5 Å². The van der Waals surface area contributed by atoms with Gasteiger partial charge in [0.05, 0.1) is 64.1 Å². The van der Waals surface area contributed by atoms with E-state index < -0.39 is 5.41 Å². The average molecular weight is 1760 g/mol. The summed E-state index contributed by atoms with van der Waals surface area (Å²) >= 11 is 6.23. The Labute approximate surface area is 762 Å². The molecule has 0 unspecified atom stereocenters. The van der Waals surface area contributed by atoms with Gasteiger partial charge in [-0.3, -0.25) is 24.5 Å². The van der Waals surface area contributed by atoms with Crippen LogP contribution < -0.4 is 0 Å². The van der Waals surface area contributed by atoms with Gasteiger partial charge in [-0.15, -0.1) is 0 Å². The molecule has 0 bridgehead atoms. The quantitative estimate of drug-likeness (QED) is 0.0889. The minimum absolute atomic E-state index is 0.00542. The number of aliphatic hydroxyl groups is 1. The zero-order valence-corrected chi connectivity index (χ0v) is 74.9. The number of halogens is 5. The van der Waals surface area contributed by atoms with Crippen LogP contribution >= 0.6 is 11.6 Å². The number of aromatic nitrogens is 12. The third-order valence-corrected chi connectivity index (χ3v) is 31.0. The minimum atomic E-state index is -0.483. The van der Waals surface area contributed by atoms with Gasteiger partial charge in [-0.05, 0) is 195 Å². The summed E-state index contributed by atoms with van der Waals surface area (Å²) in [6, 6.07) is 51.1. The van der Waals surface area contributed by atoms with Crippen molar-refractivity contribution < 1.29 is 36.8 Å². The van der Waals surface area contributed by atoms with Crippen molar-refractivity contribution in [2.75, 3.05) is 0 Å². The number of benzene rings is 7. The number of fused-ring (bicyclic) bond motifs is 16. The highest BCUT2D eigenvalue weighted by molar-refractivity contribution is 6.28. The van der Waals surface area contributed by atoms with Gasteiger partial charge in [0.1, 0.15) is 40.6 Å². The van der Waals surface area contributed by atoms with Crippen LogP contribution in [0.1, 0.15) is 175 Å². The molecule has 2 fully saturated rings. The van der Waals surface area contributed by atoms with E-state index in [1.807, 2.05) is 136 Å². The number of rotatable bonds is 7. The second-order valence-electron chi connectivity index (χ2n) is 37.8. The Morgan fingerprint density at radius 1 is 0.389 bits per heavy atom. The molecule has 8 heterocycles. The van der Waals surface area contributed by atoms with E-state index in [-0.39, 0.29) is 92.0 Å². The Kier molecular flexibility index (Phi) is 22.2. The van der Waals surface area contributed by atoms with Crippen molar-refractivity contribution in [1.29, 1.82) is 0 Å². The van der Waals surface area contributed by atoms with Crippen molar-refractivity contribution in [3.05, 3.63) is 321 Å². The predicted octanol–water partition coefficient (Wildman–Crippen LogP) is 24.8. The first-order chi connectivity index (χ1) is 63.3. The van der Waals surface area contributed by atoms with Crippen molar-refractivity contribution in [1.82, 2.24) is 60.0 Å². The summed E-state index contributed by atoms with van der Waals surface area (Å²) < 4.78 is 65.4. The molecule has 22 heteroatoms. The summed E-state index contributed by atoms with van der Waals surface area (Å²) in [6.07, 6.45) is 23.0. The summed E-state index contributed by atoms with van der Waals surface area (Å²) in [5.74, 6) is 3.48. The molecule has 8 aliphatic carbocycles. The Bertz CT molecular complexity index is 7220. The second-order valence-corrected chi connectivity index (χ2v) is 38.2. The van der Waals surface area contributed by atoms with Gasteiger partial charge in [0, 0.05) is 178 Å². The summed E-state index contributed by atoms with van der Waals surface area (Å²) in [5.41, 5.74) is 15.3. The fourth-order valence-electron chi connectivity index (χ4n) is 24.0. The number of hydrogen-bond donors (Lipinski definition) is 1. The van der Waals surface area contributed by atoms with Crippen molar-refractivity contribution in [3.63, 3.8) is 0 Å². The SMILES string of the molecule is C[C@H]1C(=O)CC[C@@]2(C)c3nc(-c4cccc5cnccc45)nc(-c4ccccc4F)c3CC[C@H]12.C[C@H]1C(=O)CC[C@@]2(C)c3nc(Cl)nc(-c4ccccc4F)c3CC[C@H]12.C[C@H]1c2oncc2C[C@@]2(C)c3nc(-c4cccc5cnccc45)nc(-c4ccccc4F)c3CC[C@H]12.[C-]#[N+]C1=C(O)[C@H](C)[C@H]2CCc3c(-c4ccccc4F)nc(-c4cccc5cnccc45)nc3[C@]2(C)C1. The molecule has 8 aromatic heterocycles. The lowest BCUT2D eigenvalue weighted by Crippen LogP contribution is -2.47. The molecule has 0 saturated heterocycles. The van der Waals surface area contributed by atoms with Gasteiger partial charge < -0.3 is 9.63 Å². The average Bonchev–Trinajstić information content (AvgIpc) is 1.65. The van der Waals surface area contributed by atoms with Crippen LogP contribution in [0, 0.1) is 71.3 Å². The summed E-state index contributed by atoms with van der Waals surface area (Å²) in [6.45, 7) is 24.9. The molecular weight excluding hydrogens is 1670 g/mol. The predicted molar refractivity (Wildman–Crippen MR) is 499 cm³/mol. The minimum Gasteiger partial charge on any atom is -0.523 e. The maximum atomic E-state index is 15.2. The molecule has 8 aliphatic rings. The Morgan fingerprint density at radius 2 is 0.725 bits per heavy atom. The lowest BCUT2D eigenvalue weighted by molar-refractivity contribution is -0.129. The zero-order valence-electron chi connectivity index (χ0n) is 74.1. The van der Waals surface area contributed by atoms with E-state index >= 15 is 13.2 Å². The fraction of sp³-hybridized carbons (Fsp3) is 0.312. The maximum absolute atomic E-state index is 15.2. The lowest BCUT2D eigenvalue weighted by Gasteiger charge is -2.48. The molecule has 656 valence electrons. The van der Waals surface area contributed by atoms with Crippen LogP contribution in [0.3, 0.4) is 0 Å². The molecule has 0 amide bonds. The standard InChI is InChI=1S/2C30H25FN4O.C29H26FN3O.C20H20ClFN2O/c1-17-24-11-10-23-26(22-7-3-4-9-25(22)31)34-29(21-8-5-6-18-15-32-13-12-20(18)21)35-28(23)30(24,2)14-19-16-33-36-27(17)19;1-17-23-12-11-22-26(21-8-4-5-10-24(21)31)34-29(20-9-6-7-18-16-33-14-13-19(18)20)35-28(22)30(23,2)15-25(32-3)27(17)36;1-17-23-11-10-22-26(21-7-3-4-9-24(21)30)32-28(33-27(22)29(23,2)14-12-25(17)34)20-8-5-6-18-16-31-15-13-19(18)20;1-11-14-8-7-13-17(12-5-3-4-6-15(12)22)23-19(21)24-18(13)20(14,2)10-9-16(11)25/h3-9,12-13,15-17,24H,10-11,14H2,1-2H3;4-10,13-14,16-17,23,36H,11-12,15H2,1-2H3;3-9,13,15-17,23H,10-12,14H2,1-2H3;3-6,11,14H,7-10H2,1-2H3/t17-,24-,30-;17-,23-,30-;17-,23-,29-;11-,14-,20-/m1111/s1. The van der Waals surface area contributed by atoms with Crippen LogP contribution in [0.15, 0.2) is 229 Å². The number of Topliss-reactive ketones (excluding diaryl/α,β-unsaturated/α-hetero) is 2. The Balaban J connectivity index is 0.000000110. The molecule has 23 rings (SSSR count). The number of aliphatic hydroxyl groups excluding tert-OH is 1. The van der Waals surface area contributed by atoms with Crippen LogP contribution in [0.5, 0.6) is 0 Å². The number of carbonyl (C=O) groups is 2. The number of carbonyl (C=O) groups excluding carboxylic acids is 2. The van der Waals surface area contributed by atoms with Crippen molar-refractivity contribution in [2.24, 2.45) is 41.4 Å². The summed E-state index contributed by atoms with van der Waals surface area (Å²) in [7, 11) is 0. The first-order valence-corrected chi connectivity index (χ1v) is 45.8. The van der Waals surface area contributed by atoms with Crippen LogP contribution in [0.4, 0.5) is 17.6 Å². The number of hydrogen-bond acceptors (Lipinski definition) is 16. The smallest absolute Gasteiger partial charge is 0.223 e. The van der Waals surface area contributed by atoms with E-state index in [4.69, 9.17) is 52.6 Å². The van der Waals surface area contributed by atoms with E-state index in [1.54, 1.807) is 67.1 Å². The normalized spacial score (nSPS) is 24.2. The van der Waals surface area contributed by atoms with Gasteiger partial charge in [-0.1, -0.05) is 164 Å². The highest BCUT2D eigenvalue weighted by atomic mass is 35.5. The number of pyridine rings is 3. The van der Waals surface area contributed by atoms with E-state index in [0.717, 1.165) is 170 Å². The topological polar surface area (TPSA) is 227 Å². The van der Waals surface area contributed by atoms with Crippen LogP contribution in [-0.4, -0.2) is 76.7 Å². The molecule has 0 aliphatic heterocycles. The van der Waals surface area contributed by atoms with E-state index in [1.165, 1.54) is 24.3 Å². The molecule has 0 radical (unpaired) electrons. The van der Waals surface area contributed by atoms with Crippen molar-refractivity contribution >= 4 is 55.5 Å². The van der Waals surface area contributed by atoms with E-state index in [9.17, 15) is 19.1 Å². The highest BCUT2D eigenvalue weighted by Crippen LogP contribution is 2.59. The number of ketones is 2. The van der Waals surface area contributed by atoms with Crippen LogP contribution in [-0.2, 0) is 63.4 Å². The molecule has 15 aromatic rings. The van der Waals surface area contributed by atoms with Gasteiger partial charge in [0.25, 0.3) is 0 Å². The van der Waals surface area contributed by atoms with Gasteiger partial charge in [-0.25, -0.2) is 62.3 Å². The van der Waals surface area contributed by atoms with Crippen LogP contribution in [0.2, 0.25) is 5.28 Å². The maximum Gasteiger partial charge on any atom is 0.223 e. The first-order valence-electron chi connectivity index (χ1n) is 45.4. The summed E-state index contributed by atoms with van der Waals surface area (Å²) in [4.78, 5) is 80.9. The lowest BCUT2D eigenvalue weighted by atomic mass is 9.56. The fourth-order valence-corrected chi connectivity index (χ4v) is 24.2. The number of nitrogens with zero attached hydrogens (tertiary/aromatic N) is 13. The monoisotopic (exact) mass is 1760 g/mol. The molecule has 12 atom stereocenters. The molecule has 1 N–H and O–H groups in total. The molecule has 0 spiro atoms. The van der Waals surface area contributed by atoms with Crippen molar-refractivity contribution in [3.8, 4) is 79.2 Å². The molecule has 2 saturated carbocycles.